The minimum atomic E-state index is 0. The van der Waals surface area contributed by atoms with E-state index >= 15 is 0 Å². The zero-order valence-electron chi connectivity index (χ0n) is 14.8. The Morgan fingerprint density at radius 3 is 2.89 bits per heavy atom. The number of piperidine rings is 1. The summed E-state index contributed by atoms with van der Waals surface area (Å²) in [7, 11) is 0. The quantitative estimate of drug-likeness (QED) is 0.803. The molecule has 1 fully saturated rings. The topological polar surface area (TPSA) is 77.7 Å². The number of rotatable bonds is 4. The zero-order chi connectivity index (χ0) is 17.2. The molecule has 0 radical (unpaired) electrons. The molecule has 0 spiro atoms. The van der Waals surface area contributed by atoms with Gasteiger partial charge in [-0.25, -0.2) is 4.98 Å². The smallest absolute Gasteiger partial charge is 0.231 e. The molecular formula is C18H23Cl2N3O3S. The van der Waals surface area contributed by atoms with E-state index in [0.29, 0.717) is 13.0 Å². The summed E-state index contributed by atoms with van der Waals surface area (Å²) in [6.45, 7) is 1.60. The molecule has 27 heavy (non-hydrogen) atoms. The molecule has 0 aliphatic carbocycles. The average Bonchev–Trinajstić information content (AvgIpc) is 3.30. The molecule has 1 saturated heterocycles. The lowest BCUT2D eigenvalue weighted by Crippen LogP contribution is -2.48. The van der Waals surface area contributed by atoms with Gasteiger partial charge >= 0.3 is 0 Å². The lowest BCUT2D eigenvalue weighted by atomic mass is 10.0. The number of thiazole rings is 1. The number of aromatic nitrogens is 1. The highest BCUT2D eigenvalue weighted by Crippen LogP contribution is 2.36. The van der Waals surface area contributed by atoms with Crippen molar-refractivity contribution in [2.45, 2.75) is 31.7 Å². The summed E-state index contributed by atoms with van der Waals surface area (Å²) in [4.78, 5) is 19.2. The molecule has 1 unspecified atom stereocenters. The number of amides is 1. The van der Waals surface area contributed by atoms with Crippen molar-refractivity contribution >= 4 is 42.1 Å². The number of nitrogens with two attached hydrogens (primary N) is 1. The molecule has 3 heterocycles. The summed E-state index contributed by atoms with van der Waals surface area (Å²) in [6.07, 6.45) is 3.54. The van der Waals surface area contributed by atoms with E-state index in [1.54, 1.807) is 11.3 Å². The van der Waals surface area contributed by atoms with Crippen molar-refractivity contribution in [3.63, 3.8) is 0 Å². The summed E-state index contributed by atoms with van der Waals surface area (Å²) in [5.74, 6) is 1.62. The van der Waals surface area contributed by atoms with Crippen LogP contribution in [0.2, 0.25) is 0 Å². The SMILES string of the molecule is Cl.Cl.NCC1CCCCN1C(=O)Cc1csc(-c2ccc3c(c2)OCO3)n1. The normalized spacial score (nSPS) is 17.8. The van der Waals surface area contributed by atoms with E-state index < -0.39 is 0 Å². The molecule has 2 aromatic rings. The van der Waals surface area contributed by atoms with Gasteiger partial charge in [-0.3, -0.25) is 4.79 Å². The van der Waals surface area contributed by atoms with Gasteiger partial charge in [0.1, 0.15) is 5.01 Å². The van der Waals surface area contributed by atoms with E-state index in [4.69, 9.17) is 15.2 Å². The molecule has 1 atom stereocenters. The van der Waals surface area contributed by atoms with Gasteiger partial charge in [0.15, 0.2) is 11.5 Å². The van der Waals surface area contributed by atoms with Crippen LogP contribution in [0.4, 0.5) is 0 Å². The van der Waals surface area contributed by atoms with Crippen molar-refractivity contribution in [3.05, 3.63) is 29.3 Å². The predicted molar refractivity (Wildman–Crippen MR) is 110 cm³/mol. The van der Waals surface area contributed by atoms with Crippen LogP contribution in [0.25, 0.3) is 10.6 Å². The lowest BCUT2D eigenvalue weighted by Gasteiger charge is -2.35. The van der Waals surface area contributed by atoms with Crippen LogP contribution in [0.1, 0.15) is 25.0 Å². The highest BCUT2D eigenvalue weighted by atomic mass is 35.5. The predicted octanol–water partition coefficient (Wildman–Crippen LogP) is 3.26. The monoisotopic (exact) mass is 431 g/mol. The van der Waals surface area contributed by atoms with E-state index in [1.807, 2.05) is 28.5 Å². The van der Waals surface area contributed by atoms with Crippen LogP contribution in [-0.4, -0.2) is 41.7 Å². The number of fused-ring (bicyclic) bond motifs is 1. The number of ether oxygens (including phenoxy) is 2. The van der Waals surface area contributed by atoms with Gasteiger partial charge < -0.3 is 20.1 Å². The molecular weight excluding hydrogens is 409 g/mol. The highest BCUT2D eigenvalue weighted by Gasteiger charge is 2.26. The highest BCUT2D eigenvalue weighted by molar-refractivity contribution is 7.13. The lowest BCUT2D eigenvalue weighted by molar-refractivity contribution is -0.133. The first-order chi connectivity index (χ1) is 12.2. The Morgan fingerprint density at radius 1 is 1.26 bits per heavy atom. The van der Waals surface area contributed by atoms with Gasteiger partial charge in [0.05, 0.1) is 12.1 Å². The molecule has 2 aliphatic heterocycles. The van der Waals surface area contributed by atoms with Crippen molar-refractivity contribution in [2.75, 3.05) is 19.9 Å². The van der Waals surface area contributed by atoms with Gasteiger partial charge in [0.25, 0.3) is 0 Å². The van der Waals surface area contributed by atoms with Crippen LogP contribution >= 0.6 is 36.2 Å². The standard InChI is InChI=1S/C18H21N3O3S.2ClH/c19-9-14-3-1-2-6-21(14)17(22)8-13-10-25-18(20-13)12-4-5-15-16(7-12)24-11-23-15;;/h4-5,7,10,14H,1-3,6,8-9,11,19H2;2*1H. The fourth-order valence-electron chi connectivity index (χ4n) is 3.38. The molecule has 1 amide bonds. The van der Waals surface area contributed by atoms with Gasteiger partial charge in [-0.15, -0.1) is 36.2 Å². The van der Waals surface area contributed by atoms with Crippen molar-refractivity contribution < 1.29 is 14.3 Å². The van der Waals surface area contributed by atoms with Crippen LogP contribution in [0.15, 0.2) is 23.6 Å². The second-order valence-electron chi connectivity index (χ2n) is 6.36. The Labute approximate surface area is 174 Å². The average molecular weight is 432 g/mol. The maximum Gasteiger partial charge on any atom is 0.231 e. The molecule has 6 nitrogen and oxygen atoms in total. The molecule has 9 heteroatoms. The van der Waals surface area contributed by atoms with Crippen molar-refractivity contribution in [1.29, 1.82) is 0 Å². The fourth-order valence-corrected chi connectivity index (χ4v) is 4.20. The summed E-state index contributed by atoms with van der Waals surface area (Å²) in [6, 6.07) is 5.96. The Balaban J connectivity index is 0.00000131. The Morgan fingerprint density at radius 2 is 2.07 bits per heavy atom. The Kier molecular flexibility index (Phi) is 7.73. The molecule has 0 bridgehead atoms. The number of halogens is 2. The van der Waals surface area contributed by atoms with Gasteiger partial charge in [-0.05, 0) is 37.5 Å². The summed E-state index contributed by atoms with van der Waals surface area (Å²) < 4.78 is 10.8. The van der Waals surface area contributed by atoms with E-state index in [9.17, 15) is 4.79 Å². The van der Waals surface area contributed by atoms with Crippen LogP contribution < -0.4 is 15.2 Å². The maximum atomic E-state index is 12.6. The minimum absolute atomic E-state index is 0. The maximum absolute atomic E-state index is 12.6. The van der Waals surface area contributed by atoms with Crippen molar-refractivity contribution in [2.24, 2.45) is 5.73 Å². The number of hydrogen-bond acceptors (Lipinski definition) is 6. The largest absolute Gasteiger partial charge is 0.454 e. The van der Waals surface area contributed by atoms with Gasteiger partial charge in [0, 0.05) is 30.1 Å². The Bertz CT molecular complexity index is 787. The van der Waals surface area contributed by atoms with Crippen molar-refractivity contribution in [1.82, 2.24) is 9.88 Å². The minimum Gasteiger partial charge on any atom is -0.454 e. The third-order valence-corrected chi connectivity index (χ3v) is 5.66. The first kappa shape index (κ1) is 21.8. The molecule has 148 valence electrons. The molecule has 1 aromatic heterocycles. The summed E-state index contributed by atoms with van der Waals surface area (Å²) >= 11 is 1.54. The molecule has 2 N–H and O–H groups in total. The van der Waals surface area contributed by atoms with Crippen LogP contribution in [0, 0.1) is 0 Å². The number of likely N-dealkylation sites (tertiary alicyclic amines) is 1. The fraction of sp³-hybridized carbons (Fsp3) is 0.444. The van der Waals surface area contributed by atoms with Crippen LogP contribution in [0.3, 0.4) is 0 Å². The van der Waals surface area contributed by atoms with Gasteiger partial charge in [0.2, 0.25) is 12.7 Å². The first-order valence-corrected chi connectivity index (χ1v) is 9.46. The molecule has 2 aliphatic rings. The van der Waals surface area contributed by atoms with Gasteiger partial charge in [-0.2, -0.15) is 0 Å². The van der Waals surface area contributed by atoms with Gasteiger partial charge in [-0.1, -0.05) is 0 Å². The summed E-state index contributed by atoms with van der Waals surface area (Å²) in [5, 5.41) is 2.84. The third kappa shape index (κ3) is 4.66. The number of carbonyl (C=O) groups excluding carboxylic acids is 1. The number of nitrogens with zero attached hydrogens (tertiary/aromatic N) is 2. The first-order valence-electron chi connectivity index (χ1n) is 8.58. The van der Waals surface area contributed by atoms with E-state index in [1.165, 1.54) is 0 Å². The molecule has 1 aromatic carbocycles. The second kappa shape index (κ2) is 9.59. The van der Waals surface area contributed by atoms with E-state index in [2.05, 4.69) is 4.98 Å². The summed E-state index contributed by atoms with van der Waals surface area (Å²) in [5.41, 5.74) is 7.61. The Hall–Kier alpha value is -1.54. The number of carbonyl (C=O) groups is 1. The number of hydrogen-bond donors (Lipinski definition) is 1. The van der Waals surface area contributed by atoms with E-state index in [-0.39, 0.29) is 43.6 Å². The third-order valence-electron chi connectivity index (χ3n) is 4.72. The molecule has 0 saturated carbocycles. The van der Waals surface area contributed by atoms with Crippen LogP contribution in [0.5, 0.6) is 11.5 Å². The second-order valence-corrected chi connectivity index (χ2v) is 7.22. The number of benzene rings is 1. The zero-order valence-corrected chi connectivity index (χ0v) is 17.2. The van der Waals surface area contributed by atoms with E-state index in [0.717, 1.165) is 53.6 Å². The van der Waals surface area contributed by atoms with Crippen molar-refractivity contribution in [3.8, 4) is 22.1 Å². The molecule has 4 rings (SSSR count). The van der Waals surface area contributed by atoms with Crippen LogP contribution in [-0.2, 0) is 11.2 Å².